The molecule has 3 aliphatic carbocycles. The molecule has 11 heavy (non-hydrogen) atoms. The van der Waals surface area contributed by atoms with E-state index in [1.54, 1.807) is 0 Å². The van der Waals surface area contributed by atoms with Gasteiger partial charge in [0.15, 0.2) is 0 Å². The van der Waals surface area contributed by atoms with Crippen molar-refractivity contribution in [2.75, 3.05) is 0 Å². The van der Waals surface area contributed by atoms with E-state index in [4.69, 9.17) is 0 Å². The van der Waals surface area contributed by atoms with Crippen LogP contribution in [0.5, 0.6) is 0 Å². The Balaban J connectivity index is 2.18. The van der Waals surface area contributed by atoms with E-state index in [-0.39, 0.29) is 0 Å². The number of fused-ring (bicyclic) bond motifs is 1. The first-order chi connectivity index (χ1) is 4.95. The van der Waals surface area contributed by atoms with Crippen molar-refractivity contribution in [2.24, 2.45) is 17.3 Å². The molecule has 0 N–H and O–H groups in total. The van der Waals surface area contributed by atoms with Crippen molar-refractivity contribution in [2.45, 2.75) is 32.4 Å². The SMILES string of the molecule is C[C@H]1CC2(C(F)(F)F)CC1C2. The number of alkyl halides is 3. The predicted molar refractivity (Wildman–Crippen MR) is 35.0 cm³/mol. The maximum atomic E-state index is 12.4. The first-order valence-electron chi connectivity index (χ1n) is 4.01. The quantitative estimate of drug-likeness (QED) is 0.516. The van der Waals surface area contributed by atoms with Crippen molar-refractivity contribution < 1.29 is 13.2 Å². The molecule has 0 heterocycles. The molecule has 0 aromatic heterocycles. The number of rotatable bonds is 0. The van der Waals surface area contributed by atoms with Crippen LogP contribution in [0.2, 0.25) is 0 Å². The molecule has 3 aliphatic rings. The Morgan fingerprint density at radius 3 is 1.91 bits per heavy atom. The zero-order valence-electron chi connectivity index (χ0n) is 6.41. The van der Waals surface area contributed by atoms with Crippen LogP contribution < -0.4 is 0 Å². The highest BCUT2D eigenvalue weighted by atomic mass is 19.4. The first-order valence-corrected chi connectivity index (χ1v) is 4.01. The van der Waals surface area contributed by atoms with E-state index in [0.29, 0.717) is 31.1 Å². The molecule has 0 spiro atoms. The lowest BCUT2D eigenvalue weighted by molar-refractivity contribution is -0.244. The molecule has 1 atom stereocenters. The maximum Gasteiger partial charge on any atom is 0.394 e. The summed E-state index contributed by atoms with van der Waals surface area (Å²) in [4.78, 5) is 0. The van der Waals surface area contributed by atoms with E-state index in [2.05, 4.69) is 0 Å². The van der Waals surface area contributed by atoms with Crippen LogP contribution in [-0.2, 0) is 0 Å². The monoisotopic (exact) mass is 164 g/mol. The average molecular weight is 164 g/mol. The third-order valence-corrected chi connectivity index (χ3v) is 3.42. The summed E-state index contributed by atoms with van der Waals surface area (Å²) in [5.74, 6) is 0.674. The molecule has 0 aromatic carbocycles. The Morgan fingerprint density at radius 2 is 1.73 bits per heavy atom. The van der Waals surface area contributed by atoms with Gasteiger partial charge in [0.2, 0.25) is 0 Å². The first kappa shape index (κ1) is 7.44. The van der Waals surface area contributed by atoms with Crippen LogP contribution in [0.3, 0.4) is 0 Å². The van der Waals surface area contributed by atoms with E-state index >= 15 is 0 Å². The minimum absolute atomic E-state index is 0.302. The van der Waals surface area contributed by atoms with E-state index in [1.165, 1.54) is 0 Å². The van der Waals surface area contributed by atoms with Gasteiger partial charge in [-0.15, -0.1) is 0 Å². The number of hydrogen-bond donors (Lipinski definition) is 0. The van der Waals surface area contributed by atoms with Crippen LogP contribution in [0, 0.1) is 17.3 Å². The summed E-state index contributed by atoms with van der Waals surface area (Å²) in [5.41, 5.74) is -1.25. The van der Waals surface area contributed by atoms with E-state index in [9.17, 15) is 13.2 Å². The lowest BCUT2D eigenvalue weighted by Gasteiger charge is -2.39. The van der Waals surface area contributed by atoms with E-state index in [0.717, 1.165) is 0 Å². The van der Waals surface area contributed by atoms with Gasteiger partial charge in [0.1, 0.15) is 0 Å². The molecule has 3 rings (SSSR count). The van der Waals surface area contributed by atoms with Crippen LogP contribution >= 0.6 is 0 Å². The second kappa shape index (κ2) is 1.75. The molecule has 0 aromatic rings. The highest BCUT2D eigenvalue weighted by molar-refractivity contribution is 5.07. The summed E-state index contributed by atoms with van der Waals surface area (Å²) in [6, 6.07) is 0. The van der Waals surface area contributed by atoms with Gasteiger partial charge in [0.25, 0.3) is 0 Å². The predicted octanol–water partition coefficient (Wildman–Crippen LogP) is 2.98. The molecule has 0 amide bonds. The lowest BCUT2D eigenvalue weighted by atomic mass is 9.69. The summed E-state index contributed by atoms with van der Waals surface area (Å²) in [6.45, 7) is 1.94. The Morgan fingerprint density at radius 1 is 1.18 bits per heavy atom. The second-order valence-electron chi connectivity index (χ2n) is 4.13. The van der Waals surface area contributed by atoms with Crippen molar-refractivity contribution in [3.63, 3.8) is 0 Å². The lowest BCUT2D eigenvalue weighted by Crippen LogP contribution is -2.42. The Labute approximate surface area is 63.8 Å². The van der Waals surface area contributed by atoms with Crippen molar-refractivity contribution in [3.8, 4) is 0 Å². The van der Waals surface area contributed by atoms with Gasteiger partial charge in [-0.2, -0.15) is 13.2 Å². The van der Waals surface area contributed by atoms with Gasteiger partial charge in [-0.05, 0) is 31.1 Å². The number of hydrogen-bond acceptors (Lipinski definition) is 0. The van der Waals surface area contributed by atoms with Crippen molar-refractivity contribution >= 4 is 0 Å². The zero-order chi connectivity index (χ0) is 8.28. The fourth-order valence-corrected chi connectivity index (χ4v) is 2.64. The fraction of sp³-hybridized carbons (Fsp3) is 1.00. The maximum absolute atomic E-state index is 12.4. The molecule has 0 nitrogen and oxygen atoms in total. The molecule has 3 heteroatoms. The average Bonchev–Trinajstić information content (AvgIpc) is 2.13. The van der Waals surface area contributed by atoms with Gasteiger partial charge in [-0.1, -0.05) is 6.92 Å². The van der Waals surface area contributed by atoms with Gasteiger partial charge in [-0.25, -0.2) is 0 Å². The molecule has 64 valence electrons. The van der Waals surface area contributed by atoms with Gasteiger partial charge >= 0.3 is 6.18 Å². The second-order valence-corrected chi connectivity index (χ2v) is 4.13. The smallest absolute Gasteiger partial charge is 0.171 e. The third-order valence-electron chi connectivity index (χ3n) is 3.42. The normalized spacial score (nSPS) is 49.1. The van der Waals surface area contributed by atoms with E-state index in [1.807, 2.05) is 6.92 Å². The fourth-order valence-electron chi connectivity index (χ4n) is 2.64. The molecule has 0 saturated heterocycles. The van der Waals surface area contributed by atoms with Crippen LogP contribution in [0.1, 0.15) is 26.2 Å². The minimum atomic E-state index is -3.94. The summed E-state index contributed by atoms with van der Waals surface area (Å²) >= 11 is 0. The molecule has 2 bridgehead atoms. The standard InChI is InChI=1S/C8H11F3/c1-5-2-7(8(9,10)11)3-6(5)4-7/h5-6H,2-4H2,1H3/t5-,6?,7?/m0/s1. The molecule has 0 aliphatic heterocycles. The Hall–Kier alpha value is -0.210. The summed E-state index contributed by atoms with van der Waals surface area (Å²) in [7, 11) is 0. The molecule has 3 saturated carbocycles. The summed E-state index contributed by atoms with van der Waals surface area (Å²) in [5, 5.41) is 0. The summed E-state index contributed by atoms with van der Waals surface area (Å²) in [6.07, 6.45) is -2.76. The van der Waals surface area contributed by atoms with Crippen molar-refractivity contribution in [3.05, 3.63) is 0 Å². The van der Waals surface area contributed by atoms with Crippen molar-refractivity contribution in [1.29, 1.82) is 0 Å². The molecule has 0 radical (unpaired) electrons. The largest absolute Gasteiger partial charge is 0.394 e. The Kier molecular flexibility index (Phi) is 1.18. The Bertz CT molecular complexity index is 176. The topological polar surface area (TPSA) is 0 Å². The highest BCUT2D eigenvalue weighted by Crippen LogP contribution is 2.67. The van der Waals surface area contributed by atoms with Gasteiger partial charge in [0, 0.05) is 0 Å². The molecule has 3 fully saturated rings. The van der Waals surface area contributed by atoms with Gasteiger partial charge < -0.3 is 0 Å². The number of halogens is 3. The molecular weight excluding hydrogens is 153 g/mol. The zero-order valence-corrected chi connectivity index (χ0v) is 6.41. The van der Waals surface area contributed by atoms with Gasteiger partial charge in [0.05, 0.1) is 5.41 Å². The van der Waals surface area contributed by atoms with Crippen LogP contribution in [0.4, 0.5) is 13.2 Å². The molecular formula is C8H11F3. The van der Waals surface area contributed by atoms with Crippen LogP contribution in [-0.4, -0.2) is 6.18 Å². The van der Waals surface area contributed by atoms with Crippen LogP contribution in [0.25, 0.3) is 0 Å². The highest BCUT2D eigenvalue weighted by Gasteiger charge is 2.67. The summed E-state index contributed by atoms with van der Waals surface area (Å²) < 4.78 is 37.1. The van der Waals surface area contributed by atoms with Crippen molar-refractivity contribution in [1.82, 2.24) is 0 Å². The van der Waals surface area contributed by atoms with Crippen LogP contribution in [0.15, 0.2) is 0 Å². The van der Waals surface area contributed by atoms with E-state index < -0.39 is 11.6 Å². The third kappa shape index (κ3) is 0.769. The van der Waals surface area contributed by atoms with Gasteiger partial charge in [-0.3, -0.25) is 0 Å². The minimum Gasteiger partial charge on any atom is -0.171 e. The molecule has 0 unspecified atom stereocenters.